The molecule has 1 unspecified atom stereocenters. The number of carbonyl (C=O) groups is 2. The maximum absolute atomic E-state index is 12.5. The van der Waals surface area contributed by atoms with Crippen LogP contribution < -0.4 is 0 Å². The Labute approximate surface area is 145 Å². The Bertz CT molecular complexity index is 545. The standard InChI is InChI=1S/C16H21ClN2O3S/c1-3-22-16(21)19-10-8-18(9-11-19)15(20)12(2)23-14-6-4-13(17)5-7-14/h4-7,12H,3,8-11H2,1-2H3. The van der Waals surface area contributed by atoms with E-state index in [0.29, 0.717) is 37.8 Å². The third kappa shape index (κ3) is 5.04. The minimum absolute atomic E-state index is 0.0912. The molecule has 1 aliphatic heterocycles. The number of nitrogens with zero attached hydrogens (tertiary/aromatic N) is 2. The number of carbonyl (C=O) groups excluding carboxylic acids is 2. The molecule has 126 valence electrons. The van der Waals surface area contributed by atoms with E-state index in [0.717, 1.165) is 4.90 Å². The zero-order valence-electron chi connectivity index (χ0n) is 13.3. The lowest BCUT2D eigenvalue weighted by molar-refractivity contribution is -0.131. The van der Waals surface area contributed by atoms with Gasteiger partial charge in [-0.3, -0.25) is 4.79 Å². The van der Waals surface area contributed by atoms with Crippen LogP contribution in [0.15, 0.2) is 29.2 Å². The van der Waals surface area contributed by atoms with Crippen molar-refractivity contribution in [1.29, 1.82) is 0 Å². The van der Waals surface area contributed by atoms with E-state index in [1.54, 1.807) is 11.8 Å². The Morgan fingerprint density at radius 1 is 1.17 bits per heavy atom. The summed E-state index contributed by atoms with van der Waals surface area (Å²) in [6, 6.07) is 7.46. The van der Waals surface area contributed by atoms with Gasteiger partial charge in [0.15, 0.2) is 0 Å². The van der Waals surface area contributed by atoms with Crippen LogP contribution in [0.4, 0.5) is 4.79 Å². The molecule has 1 aliphatic rings. The van der Waals surface area contributed by atoms with Gasteiger partial charge < -0.3 is 14.5 Å². The molecule has 0 saturated carbocycles. The molecular weight excluding hydrogens is 336 g/mol. The second-order valence-electron chi connectivity index (χ2n) is 5.23. The smallest absolute Gasteiger partial charge is 0.409 e. The molecule has 0 bridgehead atoms. The number of hydrogen-bond donors (Lipinski definition) is 0. The number of hydrogen-bond acceptors (Lipinski definition) is 4. The Hall–Kier alpha value is -1.40. The zero-order valence-corrected chi connectivity index (χ0v) is 14.9. The van der Waals surface area contributed by atoms with Gasteiger partial charge in [-0.25, -0.2) is 4.79 Å². The molecule has 0 N–H and O–H groups in total. The molecule has 7 heteroatoms. The summed E-state index contributed by atoms with van der Waals surface area (Å²) in [6.07, 6.45) is -0.303. The topological polar surface area (TPSA) is 49.9 Å². The summed E-state index contributed by atoms with van der Waals surface area (Å²) in [7, 11) is 0. The highest BCUT2D eigenvalue weighted by molar-refractivity contribution is 8.00. The van der Waals surface area contributed by atoms with Gasteiger partial charge in [-0.05, 0) is 38.1 Å². The minimum atomic E-state index is -0.303. The summed E-state index contributed by atoms with van der Waals surface area (Å²) in [4.78, 5) is 28.6. The third-order valence-corrected chi connectivity index (χ3v) is 4.94. The lowest BCUT2D eigenvalue weighted by atomic mass is 10.3. The van der Waals surface area contributed by atoms with Crippen molar-refractivity contribution < 1.29 is 14.3 Å². The number of thioether (sulfide) groups is 1. The molecule has 1 fully saturated rings. The summed E-state index contributed by atoms with van der Waals surface area (Å²) >= 11 is 7.38. The molecule has 0 radical (unpaired) electrons. The molecule has 0 spiro atoms. The van der Waals surface area contributed by atoms with Gasteiger partial charge in [0, 0.05) is 36.1 Å². The van der Waals surface area contributed by atoms with Gasteiger partial charge in [-0.2, -0.15) is 0 Å². The predicted octanol–water partition coefficient (Wildman–Crippen LogP) is 3.12. The van der Waals surface area contributed by atoms with Crippen LogP contribution in [0, 0.1) is 0 Å². The molecule has 1 aromatic rings. The molecule has 1 heterocycles. The first-order chi connectivity index (χ1) is 11.0. The van der Waals surface area contributed by atoms with Crippen LogP contribution in [-0.2, 0) is 9.53 Å². The zero-order chi connectivity index (χ0) is 16.8. The fourth-order valence-corrected chi connectivity index (χ4v) is 3.43. The minimum Gasteiger partial charge on any atom is -0.450 e. The Balaban J connectivity index is 1.84. The van der Waals surface area contributed by atoms with Crippen molar-refractivity contribution >= 4 is 35.4 Å². The van der Waals surface area contributed by atoms with Gasteiger partial charge in [0.1, 0.15) is 0 Å². The first-order valence-electron chi connectivity index (χ1n) is 7.64. The number of ether oxygens (including phenoxy) is 1. The SMILES string of the molecule is CCOC(=O)N1CCN(C(=O)C(C)Sc2ccc(Cl)cc2)CC1. The number of rotatable bonds is 4. The number of halogens is 1. The number of amides is 2. The summed E-state index contributed by atoms with van der Waals surface area (Å²) < 4.78 is 4.98. The number of piperazine rings is 1. The second-order valence-corrected chi connectivity index (χ2v) is 7.08. The Kier molecular flexibility index (Phi) is 6.59. The fourth-order valence-electron chi connectivity index (χ4n) is 2.35. The monoisotopic (exact) mass is 356 g/mol. The first kappa shape index (κ1) is 17.9. The molecule has 5 nitrogen and oxygen atoms in total. The summed E-state index contributed by atoms with van der Waals surface area (Å²) in [5.41, 5.74) is 0. The van der Waals surface area contributed by atoms with E-state index in [9.17, 15) is 9.59 Å². The average Bonchev–Trinajstić information content (AvgIpc) is 2.56. The van der Waals surface area contributed by atoms with Gasteiger partial charge in [0.2, 0.25) is 5.91 Å². The highest BCUT2D eigenvalue weighted by Gasteiger charge is 2.27. The molecule has 2 amide bonds. The lowest BCUT2D eigenvalue weighted by Crippen LogP contribution is -2.52. The summed E-state index contributed by atoms with van der Waals surface area (Å²) in [5, 5.41) is 0.508. The van der Waals surface area contributed by atoms with Gasteiger partial charge in [-0.1, -0.05) is 11.6 Å². The van der Waals surface area contributed by atoms with Crippen molar-refractivity contribution in [2.24, 2.45) is 0 Å². The Morgan fingerprint density at radius 3 is 2.30 bits per heavy atom. The molecule has 1 saturated heterocycles. The lowest BCUT2D eigenvalue weighted by Gasteiger charge is -2.35. The van der Waals surface area contributed by atoms with Gasteiger partial charge in [-0.15, -0.1) is 11.8 Å². The quantitative estimate of drug-likeness (QED) is 0.778. The van der Waals surface area contributed by atoms with E-state index >= 15 is 0 Å². The largest absolute Gasteiger partial charge is 0.450 e. The van der Waals surface area contributed by atoms with E-state index in [-0.39, 0.29) is 17.3 Å². The van der Waals surface area contributed by atoms with Crippen molar-refractivity contribution in [2.45, 2.75) is 24.0 Å². The van der Waals surface area contributed by atoms with E-state index in [2.05, 4.69) is 0 Å². The van der Waals surface area contributed by atoms with Crippen LogP contribution in [0.3, 0.4) is 0 Å². The van der Waals surface area contributed by atoms with Crippen LogP contribution in [0.25, 0.3) is 0 Å². The van der Waals surface area contributed by atoms with Crippen LogP contribution in [-0.4, -0.2) is 59.8 Å². The van der Waals surface area contributed by atoms with E-state index in [1.165, 1.54) is 11.8 Å². The van der Waals surface area contributed by atoms with Crippen LogP contribution in [0.1, 0.15) is 13.8 Å². The van der Waals surface area contributed by atoms with Crippen molar-refractivity contribution in [3.05, 3.63) is 29.3 Å². The first-order valence-corrected chi connectivity index (χ1v) is 8.89. The fraction of sp³-hybridized carbons (Fsp3) is 0.500. The van der Waals surface area contributed by atoms with Crippen LogP contribution in [0.5, 0.6) is 0 Å². The molecule has 1 atom stereocenters. The maximum atomic E-state index is 12.5. The molecule has 23 heavy (non-hydrogen) atoms. The van der Waals surface area contributed by atoms with Gasteiger partial charge in [0.05, 0.1) is 11.9 Å². The molecular formula is C16H21ClN2O3S. The average molecular weight is 357 g/mol. The Morgan fingerprint density at radius 2 is 1.74 bits per heavy atom. The van der Waals surface area contributed by atoms with Crippen molar-refractivity contribution in [3.8, 4) is 0 Å². The van der Waals surface area contributed by atoms with Crippen molar-refractivity contribution in [1.82, 2.24) is 9.80 Å². The number of benzene rings is 1. The van der Waals surface area contributed by atoms with Crippen molar-refractivity contribution in [3.63, 3.8) is 0 Å². The van der Waals surface area contributed by atoms with Crippen LogP contribution in [0.2, 0.25) is 5.02 Å². The highest BCUT2D eigenvalue weighted by Crippen LogP contribution is 2.26. The molecule has 1 aromatic carbocycles. The predicted molar refractivity (Wildman–Crippen MR) is 91.9 cm³/mol. The van der Waals surface area contributed by atoms with E-state index in [4.69, 9.17) is 16.3 Å². The maximum Gasteiger partial charge on any atom is 0.409 e. The van der Waals surface area contributed by atoms with Crippen molar-refractivity contribution in [2.75, 3.05) is 32.8 Å². The highest BCUT2D eigenvalue weighted by atomic mass is 35.5. The van der Waals surface area contributed by atoms with E-state index in [1.807, 2.05) is 36.1 Å². The summed E-state index contributed by atoms with van der Waals surface area (Å²) in [6.45, 7) is 6.18. The summed E-state index contributed by atoms with van der Waals surface area (Å²) in [5.74, 6) is 0.0912. The van der Waals surface area contributed by atoms with E-state index < -0.39 is 0 Å². The third-order valence-electron chi connectivity index (χ3n) is 3.59. The van der Waals surface area contributed by atoms with Gasteiger partial charge >= 0.3 is 6.09 Å². The molecule has 2 rings (SSSR count). The second kappa shape index (κ2) is 8.45. The van der Waals surface area contributed by atoms with Crippen LogP contribution >= 0.6 is 23.4 Å². The molecule has 0 aliphatic carbocycles. The van der Waals surface area contributed by atoms with Gasteiger partial charge in [0.25, 0.3) is 0 Å². The normalized spacial score (nSPS) is 16.1. The molecule has 0 aromatic heterocycles.